The smallest absolute Gasteiger partial charge is 0.263 e. The van der Waals surface area contributed by atoms with Gasteiger partial charge >= 0.3 is 0 Å². The van der Waals surface area contributed by atoms with Gasteiger partial charge in [-0.1, -0.05) is 0 Å². The fourth-order valence-electron chi connectivity index (χ4n) is 1.26. The van der Waals surface area contributed by atoms with Crippen LogP contribution in [-0.2, 0) is 10.0 Å². The molecule has 6 nitrogen and oxygen atoms in total. The number of aromatic nitrogens is 1. The molecule has 0 amide bonds. The maximum absolute atomic E-state index is 13.3. The van der Waals surface area contributed by atoms with Crippen LogP contribution in [0.15, 0.2) is 23.4 Å². The van der Waals surface area contributed by atoms with Crippen molar-refractivity contribution in [1.29, 1.82) is 0 Å². The molecule has 1 heterocycles. The highest BCUT2D eigenvalue weighted by Gasteiger charge is 2.27. The Morgan fingerprint density at radius 1 is 1.29 bits per heavy atom. The standard InChI is InChI=1S/C9H13FN2O4S/c10-8-2-1-3-11-9(8)17(15,16)12(4-6-13)5-7-14/h1-3,13-14H,4-7H2. The van der Waals surface area contributed by atoms with E-state index in [1.807, 2.05) is 0 Å². The first-order valence-corrected chi connectivity index (χ1v) is 6.30. The van der Waals surface area contributed by atoms with Crippen molar-refractivity contribution in [2.75, 3.05) is 26.3 Å². The molecule has 0 unspecified atom stereocenters. The third-order valence-corrected chi connectivity index (χ3v) is 3.84. The Bertz CT molecular complexity index is 460. The van der Waals surface area contributed by atoms with Crippen LogP contribution in [0, 0.1) is 5.82 Å². The second-order valence-corrected chi connectivity index (χ2v) is 4.99. The van der Waals surface area contributed by atoms with Crippen molar-refractivity contribution in [3.63, 3.8) is 0 Å². The van der Waals surface area contributed by atoms with E-state index in [-0.39, 0.29) is 13.1 Å². The van der Waals surface area contributed by atoms with Crippen molar-refractivity contribution in [3.05, 3.63) is 24.1 Å². The second kappa shape index (κ2) is 6.01. The fourth-order valence-corrected chi connectivity index (χ4v) is 2.66. The van der Waals surface area contributed by atoms with Crippen LogP contribution in [0.4, 0.5) is 4.39 Å². The topological polar surface area (TPSA) is 90.7 Å². The predicted octanol–water partition coefficient (Wildman–Crippen LogP) is -0.804. The Kier molecular flexibility index (Phi) is 4.94. The summed E-state index contributed by atoms with van der Waals surface area (Å²) in [6, 6.07) is 2.26. The number of sulfonamides is 1. The minimum atomic E-state index is -4.13. The molecule has 0 saturated carbocycles. The summed E-state index contributed by atoms with van der Waals surface area (Å²) in [7, 11) is -4.13. The molecule has 96 valence electrons. The van der Waals surface area contributed by atoms with E-state index < -0.39 is 34.1 Å². The van der Waals surface area contributed by atoms with Gasteiger partial charge in [0.05, 0.1) is 13.2 Å². The van der Waals surface area contributed by atoms with Crippen molar-refractivity contribution in [2.45, 2.75) is 5.03 Å². The monoisotopic (exact) mass is 264 g/mol. The van der Waals surface area contributed by atoms with E-state index in [4.69, 9.17) is 10.2 Å². The Morgan fingerprint density at radius 2 is 1.88 bits per heavy atom. The van der Waals surface area contributed by atoms with Gasteiger partial charge in [0.2, 0.25) is 5.03 Å². The summed E-state index contributed by atoms with van der Waals surface area (Å²) < 4.78 is 38.0. The SMILES string of the molecule is O=S(=O)(c1ncccc1F)N(CCO)CCO. The summed E-state index contributed by atoms with van der Waals surface area (Å²) in [6.45, 7) is -1.29. The highest BCUT2D eigenvalue weighted by Crippen LogP contribution is 2.15. The van der Waals surface area contributed by atoms with Crippen molar-refractivity contribution < 1.29 is 23.0 Å². The molecule has 8 heteroatoms. The van der Waals surface area contributed by atoms with Gasteiger partial charge in [0.25, 0.3) is 10.0 Å². The van der Waals surface area contributed by atoms with Gasteiger partial charge in [-0.2, -0.15) is 4.31 Å². The normalized spacial score (nSPS) is 12.0. The Balaban J connectivity index is 3.12. The summed E-state index contributed by atoms with van der Waals surface area (Å²) in [5.41, 5.74) is 0. The molecule has 0 aliphatic carbocycles. The minimum Gasteiger partial charge on any atom is -0.395 e. The summed E-state index contributed by atoms with van der Waals surface area (Å²) in [5.74, 6) is -0.964. The van der Waals surface area contributed by atoms with E-state index in [1.165, 1.54) is 6.07 Å². The molecule has 0 saturated heterocycles. The van der Waals surface area contributed by atoms with E-state index in [1.54, 1.807) is 0 Å². The molecule has 0 spiro atoms. The molecule has 1 aromatic heterocycles. The fraction of sp³-hybridized carbons (Fsp3) is 0.444. The van der Waals surface area contributed by atoms with Gasteiger partial charge in [0.15, 0.2) is 5.82 Å². The van der Waals surface area contributed by atoms with Crippen LogP contribution in [0.3, 0.4) is 0 Å². The molecular formula is C9H13FN2O4S. The van der Waals surface area contributed by atoms with Crippen LogP contribution < -0.4 is 0 Å². The minimum absolute atomic E-state index is 0.223. The largest absolute Gasteiger partial charge is 0.395 e. The molecule has 0 atom stereocenters. The number of nitrogens with zero attached hydrogens (tertiary/aromatic N) is 2. The van der Waals surface area contributed by atoms with Gasteiger partial charge in [-0.05, 0) is 12.1 Å². The molecule has 0 aliphatic heterocycles. The number of rotatable bonds is 6. The van der Waals surface area contributed by atoms with Crippen LogP contribution in [0.5, 0.6) is 0 Å². The summed E-state index contributed by atoms with van der Waals surface area (Å²) >= 11 is 0. The Labute approximate surface area is 98.4 Å². The number of hydrogen-bond acceptors (Lipinski definition) is 5. The van der Waals surface area contributed by atoms with Gasteiger partial charge in [0.1, 0.15) is 0 Å². The molecule has 0 fully saturated rings. The zero-order valence-electron chi connectivity index (χ0n) is 8.95. The maximum atomic E-state index is 13.3. The van der Waals surface area contributed by atoms with Crippen LogP contribution in [-0.4, -0.2) is 54.2 Å². The predicted molar refractivity (Wildman–Crippen MR) is 57.1 cm³/mol. The van der Waals surface area contributed by atoms with Crippen molar-refractivity contribution >= 4 is 10.0 Å². The van der Waals surface area contributed by atoms with Gasteiger partial charge < -0.3 is 10.2 Å². The lowest BCUT2D eigenvalue weighted by atomic mass is 10.5. The van der Waals surface area contributed by atoms with Crippen LogP contribution in [0.1, 0.15) is 0 Å². The molecule has 2 N–H and O–H groups in total. The van der Waals surface area contributed by atoms with Crippen molar-refractivity contribution in [1.82, 2.24) is 9.29 Å². The Hall–Kier alpha value is -1.09. The van der Waals surface area contributed by atoms with E-state index in [0.29, 0.717) is 0 Å². The number of aliphatic hydroxyl groups excluding tert-OH is 2. The van der Waals surface area contributed by atoms with Crippen LogP contribution in [0.2, 0.25) is 0 Å². The zero-order valence-corrected chi connectivity index (χ0v) is 9.77. The maximum Gasteiger partial charge on any atom is 0.263 e. The van der Waals surface area contributed by atoms with E-state index in [9.17, 15) is 12.8 Å². The van der Waals surface area contributed by atoms with Gasteiger partial charge in [-0.15, -0.1) is 0 Å². The lowest BCUT2D eigenvalue weighted by Crippen LogP contribution is -2.36. The van der Waals surface area contributed by atoms with E-state index >= 15 is 0 Å². The zero-order chi connectivity index (χ0) is 12.9. The van der Waals surface area contributed by atoms with Crippen molar-refractivity contribution in [3.8, 4) is 0 Å². The molecule has 0 aliphatic rings. The highest BCUT2D eigenvalue weighted by molar-refractivity contribution is 7.89. The highest BCUT2D eigenvalue weighted by atomic mass is 32.2. The van der Waals surface area contributed by atoms with Gasteiger partial charge in [0, 0.05) is 19.3 Å². The van der Waals surface area contributed by atoms with Crippen molar-refractivity contribution in [2.24, 2.45) is 0 Å². The molecular weight excluding hydrogens is 251 g/mol. The first-order chi connectivity index (χ1) is 8.04. The molecule has 1 aromatic rings. The lowest BCUT2D eigenvalue weighted by molar-refractivity contribution is 0.217. The first-order valence-electron chi connectivity index (χ1n) is 4.86. The molecule has 0 radical (unpaired) electrons. The molecule has 0 bridgehead atoms. The summed E-state index contributed by atoms with van der Waals surface area (Å²) in [4.78, 5) is 3.47. The Morgan fingerprint density at radius 3 is 2.35 bits per heavy atom. The van der Waals surface area contributed by atoms with Crippen LogP contribution in [0.25, 0.3) is 0 Å². The van der Waals surface area contributed by atoms with Gasteiger partial charge in [-0.3, -0.25) is 0 Å². The first kappa shape index (κ1) is 14.0. The number of aliphatic hydroxyl groups is 2. The third kappa shape index (κ3) is 3.19. The number of hydrogen-bond donors (Lipinski definition) is 2. The van der Waals surface area contributed by atoms with E-state index in [2.05, 4.69) is 4.98 Å². The summed E-state index contributed by atoms with van der Waals surface area (Å²) in [5, 5.41) is 16.8. The lowest BCUT2D eigenvalue weighted by Gasteiger charge is -2.19. The molecule has 17 heavy (non-hydrogen) atoms. The van der Waals surface area contributed by atoms with Gasteiger partial charge in [-0.25, -0.2) is 17.8 Å². The van der Waals surface area contributed by atoms with Crippen LogP contribution >= 0.6 is 0 Å². The summed E-state index contributed by atoms with van der Waals surface area (Å²) in [6.07, 6.45) is 1.16. The second-order valence-electron chi connectivity index (χ2n) is 3.14. The average molecular weight is 264 g/mol. The quantitative estimate of drug-likeness (QED) is 0.701. The van der Waals surface area contributed by atoms with E-state index in [0.717, 1.165) is 16.6 Å². The molecule has 1 rings (SSSR count). The number of pyridine rings is 1. The average Bonchev–Trinajstić information content (AvgIpc) is 2.29. The molecule has 0 aromatic carbocycles. The third-order valence-electron chi connectivity index (χ3n) is 2.01. The number of halogens is 1.